The van der Waals surface area contributed by atoms with Gasteiger partial charge < -0.3 is 5.32 Å². The maximum atomic E-state index is 12.4. The van der Waals surface area contributed by atoms with Gasteiger partial charge in [0.05, 0.1) is 0 Å². The molecule has 0 fully saturated rings. The summed E-state index contributed by atoms with van der Waals surface area (Å²) in [4.78, 5) is 14.8. The maximum absolute atomic E-state index is 12.4. The fourth-order valence-electron chi connectivity index (χ4n) is 2.46. The van der Waals surface area contributed by atoms with E-state index in [0.717, 1.165) is 16.3 Å². The van der Waals surface area contributed by atoms with Gasteiger partial charge in [-0.05, 0) is 61.2 Å². The van der Waals surface area contributed by atoms with Gasteiger partial charge in [-0.1, -0.05) is 35.9 Å². The molecular weight excluding hydrogens is 358 g/mol. The molecule has 0 aliphatic carbocycles. The van der Waals surface area contributed by atoms with Crippen LogP contribution in [0.5, 0.6) is 0 Å². The zero-order valence-electron chi connectivity index (χ0n) is 14.9. The molecular formula is C22H21NOS2. The number of nitrogens with one attached hydrogen (secondary N) is 1. The van der Waals surface area contributed by atoms with Crippen molar-refractivity contribution in [2.45, 2.75) is 22.5 Å². The van der Waals surface area contributed by atoms with Crippen molar-refractivity contribution in [3.63, 3.8) is 0 Å². The van der Waals surface area contributed by atoms with Crippen LogP contribution in [-0.4, -0.2) is 12.2 Å². The highest BCUT2D eigenvalue weighted by molar-refractivity contribution is 7.98. The Labute approximate surface area is 163 Å². The molecule has 3 aromatic carbocycles. The number of amides is 1. The van der Waals surface area contributed by atoms with E-state index in [0.29, 0.717) is 5.56 Å². The van der Waals surface area contributed by atoms with E-state index < -0.39 is 0 Å². The first-order valence-corrected chi connectivity index (χ1v) is 10.6. The smallest absolute Gasteiger partial charge is 0.255 e. The van der Waals surface area contributed by atoms with Crippen LogP contribution in [0.4, 0.5) is 5.69 Å². The Balaban J connectivity index is 1.59. The van der Waals surface area contributed by atoms with Gasteiger partial charge >= 0.3 is 0 Å². The van der Waals surface area contributed by atoms with Crippen molar-refractivity contribution in [1.29, 1.82) is 0 Å². The summed E-state index contributed by atoms with van der Waals surface area (Å²) in [6, 6.07) is 24.2. The largest absolute Gasteiger partial charge is 0.322 e. The topological polar surface area (TPSA) is 29.1 Å². The number of anilines is 1. The zero-order chi connectivity index (χ0) is 18.4. The third-order valence-corrected chi connectivity index (χ3v) is 5.78. The predicted molar refractivity (Wildman–Crippen MR) is 113 cm³/mol. The highest BCUT2D eigenvalue weighted by Crippen LogP contribution is 2.23. The number of hydrogen-bond donors (Lipinski definition) is 1. The van der Waals surface area contributed by atoms with Crippen molar-refractivity contribution < 1.29 is 4.79 Å². The molecule has 0 aliphatic heterocycles. The molecule has 3 aromatic rings. The number of benzene rings is 3. The van der Waals surface area contributed by atoms with Crippen LogP contribution in [0.15, 0.2) is 82.6 Å². The highest BCUT2D eigenvalue weighted by atomic mass is 32.2. The van der Waals surface area contributed by atoms with E-state index in [2.05, 4.69) is 36.5 Å². The molecule has 2 nitrogen and oxygen atoms in total. The van der Waals surface area contributed by atoms with Crippen LogP contribution in [0, 0.1) is 6.92 Å². The van der Waals surface area contributed by atoms with Crippen molar-refractivity contribution in [3.05, 3.63) is 89.5 Å². The standard InChI is InChI=1S/C22H21NOS2/c1-16-6-12-20(13-7-16)26-15-17-8-10-18(11-9-17)22(24)23-19-4-3-5-21(14-19)25-2/h3-14H,15H2,1-2H3,(H,23,24). The van der Waals surface area contributed by atoms with Gasteiger partial charge in [-0.15, -0.1) is 23.5 Å². The summed E-state index contributed by atoms with van der Waals surface area (Å²) in [6.45, 7) is 2.09. The average molecular weight is 380 g/mol. The van der Waals surface area contributed by atoms with Crippen molar-refractivity contribution in [2.75, 3.05) is 11.6 Å². The quantitative estimate of drug-likeness (QED) is 0.512. The zero-order valence-corrected chi connectivity index (χ0v) is 16.5. The maximum Gasteiger partial charge on any atom is 0.255 e. The first-order valence-electron chi connectivity index (χ1n) is 8.38. The predicted octanol–water partition coefficient (Wildman–Crippen LogP) is 6.26. The lowest BCUT2D eigenvalue weighted by molar-refractivity contribution is 0.102. The molecule has 132 valence electrons. The number of hydrogen-bond acceptors (Lipinski definition) is 3. The molecule has 1 N–H and O–H groups in total. The Morgan fingerprint density at radius 3 is 2.35 bits per heavy atom. The Bertz CT molecular complexity index is 873. The van der Waals surface area contributed by atoms with Crippen LogP contribution >= 0.6 is 23.5 Å². The van der Waals surface area contributed by atoms with Gasteiger partial charge in [0.25, 0.3) is 5.91 Å². The third-order valence-electron chi connectivity index (χ3n) is 3.97. The van der Waals surface area contributed by atoms with Gasteiger partial charge in [-0.2, -0.15) is 0 Å². The second-order valence-electron chi connectivity index (χ2n) is 5.98. The minimum absolute atomic E-state index is 0.0824. The lowest BCUT2D eigenvalue weighted by atomic mass is 10.1. The fourth-order valence-corrected chi connectivity index (χ4v) is 3.77. The summed E-state index contributed by atoms with van der Waals surface area (Å²) in [5.41, 5.74) is 3.97. The van der Waals surface area contributed by atoms with Gasteiger partial charge in [0.2, 0.25) is 0 Å². The van der Waals surface area contributed by atoms with Crippen LogP contribution in [0.25, 0.3) is 0 Å². The van der Waals surface area contributed by atoms with Gasteiger partial charge in [0.15, 0.2) is 0 Å². The number of rotatable bonds is 6. The lowest BCUT2D eigenvalue weighted by Crippen LogP contribution is -2.11. The Kier molecular flexibility index (Phi) is 6.42. The molecule has 0 spiro atoms. The second-order valence-corrected chi connectivity index (χ2v) is 7.91. The van der Waals surface area contributed by atoms with E-state index in [-0.39, 0.29) is 5.91 Å². The van der Waals surface area contributed by atoms with Crippen molar-refractivity contribution in [1.82, 2.24) is 0 Å². The van der Waals surface area contributed by atoms with E-state index in [1.807, 2.05) is 54.8 Å². The van der Waals surface area contributed by atoms with E-state index in [1.165, 1.54) is 16.0 Å². The van der Waals surface area contributed by atoms with Gasteiger partial charge in [0, 0.05) is 26.8 Å². The first kappa shape index (κ1) is 18.6. The summed E-state index contributed by atoms with van der Waals surface area (Å²) >= 11 is 3.46. The SMILES string of the molecule is CSc1cccc(NC(=O)c2ccc(CSc3ccc(C)cc3)cc2)c1. The van der Waals surface area contributed by atoms with Crippen LogP contribution in [0.1, 0.15) is 21.5 Å². The summed E-state index contributed by atoms with van der Waals surface area (Å²) in [5, 5.41) is 2.96. The first-order chi connectivity index (χ1) is 12.6. The van der Waals surface area contributed by atoms with Crippen LogP contribution < -0.4 is 5.32 Å². The Morgan fingerprint density at radius 1 is 0.923 bits per heavy atom. The van der Waals surface area contributed by atoms with E-state index in [1.54, 1.807) is 23.5 Å². The van der Waals surface area contributed by atoms with E-state index >= 15 is 0 Å². The molecule has 0 aromatic heterocycles. The van der Waals surface area contributed by atoms with Gasteiger partial charge in [-0.3, -0.25) is 4.79 Å². The highest BCUT2D eigenvalue weighted by Gasteiger charge is 2.07. The molecule has 0 radical (unpaired) electrons. The number of carbonyl (C=O) groups excluding carboxylic acids is 1. The number of thioether (sulfide) groups is 2. The molecule has 0 aliphatic rings. The van der Waals surface area contributed by atoms with Crippen LogP contribution in [-0.2, 0) is 5.75 Å². The molecule has 0 bridgehead atoms. The minimum Gasteiger partial charge on any atom is -0.322 e. The summed E-state index contributed by atoms with van der Waals surface area (Å²) < 4.78 is 0. The molecule has 1 amide bonds. The molecule has 4 heteroatoms. The van der Waals surface area contributed by atoms with Crippen molar-refractivity contribution in [3.8, 4) is 0 Å². The molecule has 0 unspecified atom stereocenters. The van der Waals surface area contributed by atoms with E-state index in [9.17, 15) is 4.79 Å². The molecule has 0 saturated carbocycles. The monoisotopic (exact) mass is 379 g/mol. The lowest BCUT2D eigenvalue weighted by Gasteiger charge is -2.08. The molecule has 0 heterocycles. The minimum atomic E-state index is -0.0824. The summed E-state index contributed by atoms with van der Waals surface area (Å²) in [5.74, 6) is 0.807. The third kappa shape index (κ3) is 5.16. The van der Waals surface area contributed by atoms with Crippen LogP contribution in [0.3, 0.4) is 0 Å². The van der Waals surface area contributed by atoms with Crippen molar-refractivity contribution in [2.24, 2.45) is 0 Å². The molecule has 26 heavy (non-hydrogen) atoms. The van der Waals surface area contributed by atoms with Crippen molar-refractivity contribution >= 4 is 35.1 Å². The van der Waals surface area contributed by atoms with Crippen LogP contribution in [0.2, 0.25) is 0 Å². The Morgan fingerprint density at radius 2 is 1.65 bits per heavy atom. The van der Waals surface area contributed by atoms with Gasteiger partial charge in [-0.25, -0.2) is 0 Å². The average Bonchev–Trinajstić information content (AvgIpc) is 2.68. The number of carbonyl (C=O) groups is 1. The Hall–Kier alpha value is -2.17. The normalized spacial score (nSPS) is 10.5. The number of aryl methyl sites for hydroxylation is 1. The molecule has 0 saturated heterocycles. The molecule has 0 atom stereocenters. The summed E-state index contributed by atoms with van der Waals surface area (Å²) in [7, 11) is 0. The fraction of sp³-hybridized carbons (Fsp3) is 0.136. The van der Waals surface area contributed by atoms with E-state index in [4.69, 9.17) is 0 Å². The molecule has 3 rings (SSSR count). The summed E-state index contributed by atoms with van der Waals surface area (Å²) in [6.07, 6.45) is 2.02. The van der Waals surface area contributed by atoms with Gasteiger partial charge in [0.1, 0.15) is 0 Å². The second kappa shape index (κ2) is 8.97.